The Balaban J connectivity index is 1.05. The van der Waals surface area contributed by atoms with Gasteiger partial charge in [-0.05, 0) is 124 Å². The molecule has 0 amide bonds. The lowest BCUT2D eigenvalue weighted by Crippen LogP contribution is -2.68. The molecular weight excluding hydrogens is 836 g/mol. The number of carboxylic acid groups (broad SMARTS) is 1. The van der Waals surface area contributed by atoms with Crippen LogP contribution in [0.2, 0.25) is 0 Å². The average molecular weight is 913 g/mol. The number of aliphatic hydroxyl groups excluding tert-OH is 9. The number of allylic oxidation sites excluding steroid dienone is 1. The van der Waals surface area contributed by atoms with Gasteiger partial charge < -0.3 is 79.5 Å². The lowest BCUT2D eigenvalue weighted by Gasteiger charge is -2.73. The fourth-order valence-corrected chi connectivity index (χ4v) is 15.7. The maximum absolute atomic E-state index is 13.2. The Labute approximate surface area is 376 Å². The summed E-state index contributed by atoms with van der Waals surface area (Å²) in [5.41, 5.74) is -0.828. The van der Waals surface area contributed by atoms with Crippen LogP contribution in [0.4, 0.5) is 0 Å². The zero-order chi connectivity index (χ0) is 46.6. The molecule has 0 radical (unpaired) electrons. The molecule has 366 valence electrons. The molecule has 17 heteroatoms. The fraction of sp³-hybridized carbons (Fsp3) is 0.936. The van der Waals surface area contributed by atoms with Crippen molar-refractivity contribution in [3.63, 3.8) is 0 Å². The van der Waals surface area contributed by atoms with Gasteiger partial charge in [-0.3, -0.25) is 4.79 Å². The van der Waals surface area contributed by atoms with E-state index in [0.717, 1.165) is 50.5 Å². The van der Waals surface area contributed by atoms with E-state index in [4.69, 9.17) is 28.4 Å². The van der Waals surface area contributed by atoms with Crippen molar-refractivity contribution < 1.29 is 84.3 Å². The lowest BCUT2D eigenvalue weighted by molar-refractivity contribution is -0.371. The molecule has 0 unspecified atom stereocenters. The minimum absolute atomic E-state index is 0.00334. The fourth-order valence-electron chi connectivity index (χ4n) is 15.7. The third kappa shape index (κ3) is 7.31. The molecule has 0 aromatic rings. The Bertz CT molecular complexity index is 1700. The van der Waals surface area contributed by atoms with E-state index in [1.54, 1.807) is 0 Å². The molecule has 3 heterocycles. The van der Waals surface area contributed by atoms with Crippen molar-refractivity contribution in [2.75, 3.05) is 19.8 Å². The van der Waals surface area contributed by atoms with Crippen LogP contribution in [0.1, 0.15) is 106 Å². The second kappa shape index (κ2) is 17.5. The first-order valence-corrected chi connectivity index (χ1v) is 23.8. The Morgan fingerprint density at radius 1 is 0.703 bits per heavy atom. The number of aliphatic hydroxyl groups is 9. The van der Waals surface area contributed by atoms with Crippen molar-refractivity contribution >= 4 is 5.97 Å². The van der Waals surface area contributed by atoms with Crippen LogP contribution in [0.15, 0.2) is 12.2 Å². The maximum Gasteiger partial charge on any atom is 0.309 e. The molecule has 0 bridgehead atoms. The van der Waals surface area contributed by atoms with Crippen LogP contribution in [0.5, 0.6) is 0 Å². The highest BCUT2D eigenvalue weighted by molar-refractivity contribution is 5.76. The van der Waals surface area contributed by atoms with E-state index in [9.17, 15) is 55.9 Å². The Hall–Kier alpha value is -1.39. The van der Waals surface area contributed by atoms with Gasteiger partial charge in [0.15, 0.2) is 18.9 Å². The Kier molecular flexibility index (Phi) is 13.4. The molecule has 17 nitrogen and oxygen atoms in total. The van der Waals surface area contributed by atoms with Gasteiger partial charge in [0, 0.05) is 5.41 Å². The number of hydrogen-bond donors (Lipinski definition) is 10. The monoisotopic (exact) mass is 913 g/mol. The quantitative estimate of drug-likeness (QED) is 0.109. The van der Waals surface area contributed by atoms with E-state index < -0.39 is 116 Å². The van der Waals surface area contributed by atoms with Crippen molar-refractivity contribution in [2.45, 2.75) is 198 Å². The molecule has 25 atom stereocenters. The van der Waals surface area contributed by atoms with Gasteiger partial charge in [0.1, 0.15) is 61.0 Å². The average Bonchev–Trinajstić information content (AvgIpc) is 3.66. The van der Waals surface area contributed by atoms with E-state index in [2.05, 4.69) is 34.3 Å². The summed E-state index contributed by atoms with van der Waals surface area (Å²) < 4.78 is 36.2. The summed E-state index contributed by atoms with van der Waals surface area (Å²) >= 11 is 0. The standard InChI is InChI=1S/C47H76O17/c1-21(2)23-10-15-47(42(57)58)17-16-45(6)24(30(23)47)8-9-28-43(4)13-12-29(44(5,20-49)27(43)11-14-46(28,45)7)63-41-38(64-37-31(50)22(3)60-39(56)36(37)55)33(52)26(19-59-41)62-40-35(54)34(53)32(51)25(18-48)61-40/h22-41,48-56H,1,8-20H2,2-7H3,(H,57,58)/t22-,23-,24+,25+,26-,27+,28+,29-,30+,31-,32+,33-,34-,35+,36-,37+,38+,39+,40-,41-,43-,44-,45+,46+,47-/m0/s1. The van der Waals surface area contributed by atoms with Gasteiger partial charge >= 0.3 is 5.97 Å². The van der Waals surface area contributed by atoms with Gasteiger partial charge in [0.2, 0.25) is 0 Å². The lowest BCUT2D eigenvalue weighted by atomic mass is 9.32. The Morgan fingerprint density at radius 3 is 2.08 bits per heavy atom. The first-order chi connectivity index (χ1) is 30.0. The Morgan fingerprint density at radius 2 is 1.42 bits per heavy atom. The van der Waals surface area contributed by atoms with E-state index in [1.165, 1.54) is 6.92 Å². The molecule has 10 N–H and O–H groups in total. The predicted octanol–water partition coefficient (Wildman–Crippen LogP) is 1.20. The van der Waals surface area contributed by atoms with E-state index >= 15 is 0 Å². The van der Waals surface area contributed by atoms with Crippen LogP contribution in [-0.4, -0.2) is 169 Å². The smallest absolute Gasteiger partial charge is 0.309 e. The van der Waals surface area contributed by atoms with Crippen molar-refractivity contribution in [3.8, 4) is 0 Å². The molecule has 3 aliphatic heterocycles. The van der Waals surface area contributed by atoms with Crippen molar-refractivity contribution in [2.24, 2.45) is 56.7 Å². The summed E-state index contributed by atoms with van der Waals surface area (Å²) in [5, 5.41) is 108. The second-order valence-corrected chi connectivity index (χ2v) is 22.3. The third-order valence-electron chi connectivity index (χ3n) is 19.6. The van der Waals surface area contributed by atoms with E-state index in [1.807, 2.05) is 6.92 Å². The molecule has 3 saturated heterocycles. The second-order valence-electron chi connectivity index (χ2n) is 22.3. The molecule has 8 aliphatic rings. The number of fused-ring (bicyclic) bond motifs is 7. The van der Waals surface area contributed by atoms with Crippen LogP contribution >= 0.6 is 0 Å². The van der Waals surface area contributed by atoms with Crippen molar-refractivity contribution in [1.82, 2.24) is 0 Å². The largest absolute Gasteiger partial charge is 0.481 e. The van der Waals surface area contributed by atoms with Gasteiger partial charge in [0.25, 0.3) is 0 Å². The van der Waals surface area contributed by atoms with Gasteiger partial charge in [0.05, 0.1) is 37.4 Å². The number of aliphatic carboxylic acids is 1. The number of hydrogen-bond acceptors (Lipinski definition) is 16. The van der Waals surface area contributed by atoms with Gasteiger partial charge in [-0.2, -0.15) is 0 Å². The van der Waals surface area contributed by atoms with E-state index in [0.29, 0.717) is 25.2 Å². The van der Waals surface area contributed by atoms with Gasteiger partial charge in [-0.15, -0.1) is 0 Å². The van der Waals surface area contributed by atoms with Crippen LogP contribution in [0, 0.1) is 56.7 Å². The normalized spacial score (nSPS) is 56.3. The molecule has 64 heavy (non-hydrogen) atoms. The SMILES string of the molecule is C=C(C)[C@@H]1CC[C@]2(C(=O)O)CC[C@]3(C)[C@H](CC[C@@H]4[C@@]5(C)CC[C@H](O[C@@H]6OC[C@H](O[C@@H]7O[C@H](CO)[C@@H](O)[C@H](O)[C@H]7O)[C@H](O)[C@H]6O[C@@H]6[C@@H](O)[C@H](C)O[C@@H](O)[C@H]6O)[C@@](C)(CO)[C@@H]5CC[C@]43C)[C@@H]12. The van der Waals surface area contributed by atoms with E-state index in [-0.39, 0.29) is 53.1 Å². The van der Waals surface area contributed by atoms with Crippen LogP contribution in [-0.2, 0) is 33.2 Å². The first kappa shape index (κ1) is 49.0. The maximum atomic E-state index is 13.2. The molecule has 8 rings (SSSR count). The topological polar surface area (TPSA) is 275 Å². The zero-order valence-electron chi connectivity index (χ0n) is 38.3. The highest BCUT2D eigenvalue weighted by Gasteiger charge is 2.72. The minimum atomic E-state index is -1.78. The minimum Gasteiger partial charge on any atom is -0.481 e. The number of carboxylic acids is 1. The van der Waals surface area contributed by atoms with Crippen molar-refractivity contribution in [3.05, 3.63) is 12.2 Å². The van der Waals surface area contributed by atoms with Crippen molar-refractivity contribution in [1.29, 1.82) is 0 Å². The first-order valence-electron chi connectivity index (χ1n) is 23.8. The summed E-state index contributed by atoms with van der Waals surface area (Å²) in [7, 11) is 0. The number of ether oxygens (including phenoxy) is 6. The molecule has 5 aliphatic carbocycles. The highest BCUT2D eigenvalue weighted by Crippen LogP contribution is 2.77. The van der Waals surface area contributed by atoms with Crippen LogP contribution in [0.3, 0.4) is 0 Å². The van der Waals surface area contributed by atoms with Crippen LogP contribution < -0.4 is 0 Å². The third-order valence-corrected chi connectivity index (χ3v) is 19.6. The summed E-state index contributed by atoms with van der Waals surface area (Å²) in [6.45, 7) is 16.0. The molecule has 5 saturated carbocycles. The summed E-state index contributed by atoms with van der Waals surface area (Å²) in [6, 6.07) is 0. The zero-order valence-corrected chi connectivity index (χ0v) is 38.3. The predicted molar refractivity (Wildman–Crippen MR) is 225 cm³/mol. The van der Waals surface area contributed by atoms with Crippen LogP contribution in [0.25, 0.3) is 0 Å². The van der Waals surface area contributed by atoms with Gasteiger partial charge in [-0.1, -0.05) is 39.8 Å². The summed E-state index contributed by atoms with van der Waals surface area (Å²) in [4.78, 5) is 13.2. The number of carbonyl (C=O) groups is 1. The summed E-state index contributed by atoms with van der Waals surface area (Å²) in [6.07, 6.45) is -14.0. The highest BCUT2D eigenvalue weighted by atomic mass is 16.7. The molecule has 0 aromatic heterocycles. The molecule has 0 aromatic carbocycles. The van der Waals surface area contributed by atoms with Gasteiger partial charge in [-0.25, -0.2) is 0 Å². The molecule has 8 fully saturated rings. The summed E-state index contributed by atoms with van der Waals surface area (Å²) in [5.74, 6) is 0.131. The molecule has 0 spiro atoms. The molecular formula is C47H76O17. The number of rotatable bonds is 10.